The number of hydrogen-bond acceptors (Lipinski definition) is 3. The zero-order chi connectivity index (χ0) is 18.8. The van der Waals surface area contributed by atoms with Gasteiger partial charge in [-0.05, 0) is 48.4 Å². The molecule has 138 valence electrons. The van der Waals surface area contributed by atoms with Crippen LogP contribution in [0.5, 0.6) is 0 Å². The van der Waals surface area contributed by atoms with E-state index in [1.807, 2.05) is 26.0 Å². The third kappa shape index (κ3) is 3.64. The molecule has 2 aliphatic rings. The molecule has 26 heavy (non-hydrogen) atoms. The number of carboxylic acids is 1. The Labute approximate surface area is 152 Å². The van der Waals surface area contributed by atoms with Gasteiger partial charge in [0, 0.05) is 17.8 Å². The van der Waals surface area contributed by atoms with Gasteiger partial charge < -0.3 is 15.7 Å². The number of carbonyl (C=O) groups excluding carboxylic acids is 2. The summed E-state index contributed by atoms with van der Waals surface area (Å²) >= 11 is 0. The third-order valence-electron chi connectivity index (χ3n) is 5.13. The van der Waals surface area contributed by atoms with E-state index in [1.54, 1.807) is 24.3 Å². The van der Waals surface area contributed by atoms with Crippen molar-refractivity contribution in [2.24, 2.45) is 29.6 Å². The Balaban J connectivity index is 1.64. The summed E-state index contributed by atoms with van der Waals surface area (Å²) in [6.07, 6.45) is 4.60. The minimum Gasteiger partial charge on any atom is -0.481 e. The molecule has 0 unspecified atom stereocenters. The number of aliphatic carboxylic acids is 1. The Kier molecular flexibility index (Phi) is 5.11. The van der Waals surface area contributed by atoms with Gasteiger partial charge in [0.2, 0.25) is 5.91 Å². The molecule has 4 atom stereocenters. The van der Waals surface area contributed by atoms with Gasteiger partial charge in [0.25, 0.3) is 5.91 Å². The molecule has 2 amide bonds. The van der Waals surface area contributed by atoms with Gasteiger partial charge in [0.1, 0.15) is 0 Å². The first-order valence-electron chi connectivity index (χ1n) is 8.97. The number of nitrogens with one attached hydrogen (secondary N) is 2. The number of allylic oxidation sites excluding steroid dienone is 2. The predicted octanol–water partition coefficient (Wildman–Crippen LogP) is 2.53. The summed E-state index contributed by atoms with van der Waals surface area (Å²) in [6, 6.07) is 6.64. The van der Waals surface area contributed by atoms with Crippen molar-refractivity contribution in [1.82, 2.24) is 5.32 Å². The third-order valence-corrected chi connectivity index (χ3v) is 5.13. The fourth-order valence-corrected chi connectivity index (χ4v) is 3.85. The van der Waals surface area contributed by atoms with Gasteiger partial charge >= 0.3 is 5.97 Å². The van der Waals surface area contributed by atoms with Crippen molar-refractivity contribution < 1.29 is 19.5 Å². The largest absolute Gasteiger partial charge is 0.481 e. The standard InChI is InChI=1S/C20H24N2O4/c1-11(2)10-21-18(23)12-5-7-15(8-6-12)22-19(24)16-13-3-4-14(9-13)17(16)20(25)26/h3-8,11,13-14,16-17H,9-10H2,1-2H3,(H,21,23)(H,22,24)(H,25,26)/t13-,14-,16-,17+/m0/s1. The zero-order valence-corrected chi connectivity index (χ0v) is 14.9. The first-order valence-corrected chi connectivity index (χ1v) is 8.97. The number of anilines is 1. The Hall–Kier alpha value is -2.63. The van der Waals surface area contributed by atoms with E-state index >= 15 is 0 Å². The fraction of sp³-hybridized carbons (Fsp3) is 0.450. The number of carboxylic acid groups (broad SMARTS) is 1. The van der Waals surface area contributed by atoms with E-state index in [9.17, 15) is 19.5 Å². The normalized spacial score (nSPS) is 26.1. The summed E-state index contributed by atoms with van der Waals surface area (Å²) in [7, 11) is 0. The molecule has 6 nitrogen and oxygen atoms in total. The molecule has 0 spiro atoms. The maximum atomic E-state index is 12.6. The number of carbonyl (C=O) groups is 3. The van der Waals surface area contributed by atoms with Crippen LogP contribution in [0.1, 0.15) is 30.6 Å². The number of hydrogen-bond donors (Lipinski definition) is 3. The second-order valence-corrected chi connectivity index (χ2v) is 7.51. The van der Waals surface area contributed by atoms with Crippen LogP contribution in [0.25, 0.3) is 0 Å². The molecule has 2 bridgehead atoms. The van der Waals surface area contributed by atoms with Gasteiger partial charge in [-0.2, -0.15) is 0 Å². The van der Waals surface area contributed by atoms with Crippen LogP contribution in [0, 0.1) is 29.6 Å². The quantitative estimate of drug-likeness (QED) is 0.683. The molecular formula is C20H24N2O4. The molecule has 0 radical (unpaired) electrons. The zero-order valence-electron chi connectivity index (χ0n) is 14.9. The topological polar surface area (TPSA) is 95.5 Å². The van der Waals surface area contributed by atoms with E-state index < -0.39 is 17.8 Å². The van der Waals surface area contributed by atoms with Crippen LogP contribution in [0.15, 0.2) is 36.4 Å². The monoisotopic (exact) mass is 356 g/mol. The summed E-state index contributed by atoms with van der Waals surface area (Å²) in [5.41, 5.74) is 1.08. The van der Waals surface area contributed by atoms with Gasteiger partial charge in [-0.15, -0.1) is 0 Å². The Bertz CT molecular complexity index is 739. The molecule has 0 saturated heterocycles. The van der Waals surface area contributed by atoms with E-state index in [1.165, 1.54) is 0 Å². The summed E-state index contributed by atoms with van der Waals surface area (Å²) in [4.78, 5) is 36.2. The molecule has 1 aromatic carbocycles. The summed E-state index contributed by atoms with van der Waals surface area (Å²) in [5.74, 6) is -2.24. The minimum absolute atomic E-state index is 0.0119. The lowest BCUT2D eigenvalue weighted by atomic mass is 9.82. The molecule has 3 N–H and O–H groups in total. The highest BCUT2D eigenvalue weighted by atomic mass is 16.4. The highest BCUT2D eigenvalue weighted by molar-refractivity contribution is 5.98. The number of amides is 2. The van der Waals surface area contributed by atoms with Gasteiger partial charge in [-0.25, -0.2) is 0 Å². The van der Waals surface area contributed by atoms with Crippen molar-refractivity contribution in [3.05, 3.63) is 42.0 Å². The van der Waals surface area contributed by atoms with Crippen molar-refractivity contribution >= 4 is 23.5 Å². The lowest BCUT2D eigenvalue weighted by molar-refractivity contribution is -0.146. The number of benzene rings is 1. The molecule has 1 aromatic rings. The SMILES string of the molecule is CC(C)CNC(=O)c1ccc(NC(=O)[C@@H]2[C@H](C(=O)O)[C@H]3C=C[C@H]2C3)cc1. The van der Waals surface area contributed by atoms with E-state index in [0.29, 0.717) is 23.7 Å². The highest BCUT2D eigenvalue weighted by Crippen LogP contribution is 2.48. The minimum atomic E-state index is -0.917. The molecule has 2 aliphatic carbocycles. The predicted molar refractivity (Wildman–Crippen MR) is 97.6 cm³/mol. The van der Waals surface area contributed by atoms with Gasteiger partial charge in [0.15, 0.2) is 0 Å². The smallest absolute Gasteiger partial charge is 0.307 e. The summed E-state index contributed by atoms with van der Waals surface area (Å²) < 4.78 is 0. The van der Waals surface area contributed by atoms with Gasteiger partial charge in [0.05, 0.1) is 11.8 Å². The van der Waals surface area contributed by atoms with Crippen molar-refractivity contribution in [3.63, 3.8) is 0 Å². The van der Waals surface area contributed by atoms with Crippen molar-refractivity contribution in [1.29, 1.82) is 0 Å². The fourth-order valence-electron chi connectivity index (χ4n) is 3.85. The summed E-state index contributed by atoms with van der Waals surface area (Å²) in [6.45, 7) is 4.65. The first-order chi connectivity index (χ1) is 12.4. The number of fused-ring (bicyclic) bond motifs is 2. The van der Waals surface area contributed by atoms with Crippen molar-refractivity contribution in [2.75, 3.05) is 11.9 Å². The molecular weight excluding hydrogens is 332 g/mol. The molecule has 1 saturated carbocycles. The molecule has 0 aromatic heterocycles. The van der Waals surface area contributed by atoms with Crippen LogP contribution in [0.2, 0.25) is 0 Å². The Morgan fingerprint density at radius 1 is 1.08 bits per heavy atom. The molecule has 0 aliphatic heterocycles. The van der Waals surface area contributed by atoms with E-state index in [-0.39, 0.29) is 23.7 Å². The maximum absolute atomic E-state index is 12.6. The Morgan fingerprint density at radius 3 is 2.27 bits per heavy atom. The highest BCUT2D eigenvalue weighted by Gasteiger charge is 2.51. The second kappa shape index (κ2) is 7.32. The van der Waals surface area contributed by atoms with Gasteiger partial charge in [-0.3, -0.25) is 14.4 Å². The van der Waals surface area contributed by atoms with E-state index in [2.05, 4.69) is 10.6 Å². The van der Waals surface area contributed by atoms with Crippen molar-refractivity contribution in [3.8, 4) is 0 Å². The first kappa shape index (κ1) is 18.2. The molecule has 0 heterocycles. The van der Waals surface area contributed by atoms with Crippen LogP contribution in [-0.4, -0.2) is 29.4 Å². The van der Waals surface area contributed by atoms with Gasteiger partial charge in [-0.1, -0.05) is 26.0 Å². The lowest BCUT2D eigenvalue weighted by Crippen LogP contribution is -2.36. The van der Waals surface area contributed by atoms with Crippen LogP contribution >= 0.6 is 0 Å². The molecule has 1 fully saturated rings. The van der Waals surface area contributed by atoms with Crippen LogP contribution < -0.4 is 10.6 Å². The van der Waals surface area contributed by atoms with Crippen LogP contribution in [0.3, 0.4) is 0 Å². The maximum Gasteiger partial charge on any atom is 0.307 e. The number of rotatable bonds is 6. The average molecular weight is 356 g/mol. The Morgan fingerprint density at radius 2 is 1.69 bits per heavy atom. The van der Waals surface area contributed by atoms with Crippen LogP contribution in [-0.2, 0) is 9.59 Å². The summed E-state index contributed by atoms with van der Waals surface area (Å²) in [5, 5.41) is 15.1. The lowest BCUT2D eigenvalue weighted by Gasteiger charge is -2.23. The second-order valence-electron chi connectivity index (χ2n) is 7.51. The van der Waals surface area contributed by atoms with Crippen LogP contribution in [0.4, 0.5) is 5.69 Å². The van der Waals surface area contributed by atoms with E-state index in [0.717, 1.165) is 6.42 Å². The van der Waals surface area contributed by atoms with Crippen molar-refractivity contribution in [2.45, 2.75) is 20.3 Å². The molecule has 6 heteroatoms. The van der Waals surface area contributed by atoms with E-state index in [4.69, 9.17) is 0 Å². The molecule has 3 rings (SSSR count). The average Bonchev–Trinajstić information content (AvgIpc) is 3.21.